The molecule has 1 aliphatic carbocycles. The van der Waals surface area contributed by atoms with Gasteiger partial charge in [-0.05, 0) is 65.7 Å². The van der Waals surface area contributed by atoms with Gasteiger partial charge in [0, 0.05) is 24.9 Å². The molecule has 0 aromatic heterocycles. The molecule has 0 radical (unpaired) electrons. The van der Waals surface area contributed by atoms with Crippen molar-refractivity contribution in [2.75, 3.05) is 0 Å². The third kappa shape index (κ3) is 1.56. The predicted molar refractivity (Wildman–Crippen MR) is 94.1 cm³/mol. The number of benzene rings is 3. The maximum Gasteiger partial charge on any atom is 0.0795 e. The standard InChI is InChI=1S/C19H9Br2N/c20-16-8-7-10-11-5-6-13-12-3-1-2-4-17(12)22-19(13)15(11)9-14(10)18(16)21/h1-9H. The summed E-state index contributed by atoms with van der Waals surface area (Å²) >= 11 is 7.28. The highest BCUT2D eigenvalue weighted by molar-refractivity contribution is 9.13. The fourth-order valence-corrected chi connectivity index (χ4v) is 4.14. The lowest BCUT2D eigenvalue weighted by Gasteiger charge is -1.97. The van der Waals surface area contributed by atoms with E-state index < -0.39 is 0 Å². The molecule has 3 aromatic carbocycles. The average molecular weight is 411 g/mol. The summed E-state index contributed by atoms with van der Waals surface area (Å²) in [7, 11) is 0. The van der Waals surface area contributed by atoms with Gasteiger partial charge in [0.05, 0.1) is 11.0 Å². The number of halogens is 2. The van der Waals surface area contributed by atoms with Crippen molar-refractivity contribution in [2.24, 2.45) is 4.99 Å². The summed E-state index contributed by atoms with van der Waals surface area (Å²) in [5.74, 6) is 0. The van der Waals surface area contributed by atoms with Crippen molar-refractivity contribution in [3.63, 3.8) is 0 Å². The summed E-state index contributed by atoms with van der Waals surface area (Å²) in [4.78, 5) is 4.86. The lowest BCUT2D eigenvalue weighted by atomic mass is 10.1. The molecule has 1 heterocycles. The Labute approximate surface area is 142 Å². The van der Waals surface area contributed by atoms with Crippen LogP contribution < -0.4 is 10.6 Å². The van der Waals surface area contributed by atoms with Crippen LogP contribution in [0, 0.1) is 20.9 Å². The van der Waals surface area contributed by atoms with Crippen LogP contribution >= 0.6 is 31.9 Å². The highest BCUT2D eigenvalue weighted by Gasteiger charge is 2.14. The Bertz CT molecular complexity index is 1290. The Morgan fingerprint density at radius 3 is 2.41 bits per heavy atom. The molecule has 3 aromatic rings. The van der Waals surface area contributed by atoms with Crippen molar-refractivity contribution in [2.45, 2.75) is 0 Å². The molecule has 0 N–H and O–H groups in total. The summed E-state index contributed by atoms with van der Waals surface area (Å²) in [6.07, 6.45) is 2.24. The minimum atomic E-state index is 1.07. The third-order valence-corrected chi connectivity index (χ3v) is 6.40. The minimum absolute atomic E-state index is 1.07. The Balaban J connectivity index is 2.05. The second-order valence-corrected chi connectivity index (χ2v) is 7.17. The zero-order chi connectivity index (χ0) is 14.8. The fourth-order valence-electron chi connectivity index (χ4n) is 3.33. The number of hydrogen-bond acceptors (Lipinski definition) is 1. The van der Waals surface area contributed by atoms with Crippen molar-refractivity contribution in [3.8, 4) is 0 Å². The molecule has 0 atom stereocenters. The molecule has 2 aliphatic rings. The summed E-state index contributed by atoms with van der Waals surface area (Å²) in [6, 6.07) is 17.0. The molecule has 0 unspecified atom stereocenters. The predicted octanol–water partition coefficient (Wildman–Crippen LogP) is 4.19. The largest absolute Gasteiger partial charge is 0.247 e. The van der Waals surface area contributed by atoms with E-state index in [1.165, 1.54) is 31.7 Å². The number of fused-ring (bicyclic) bond motifs is 5. The minimum Gasteiger partial charge on any atom is -0.247 e. The molecule has 0 saturated carbocycles. The molecule has 5 rings (SSSR count). The van der Waals surface area contributed by atoms with Crippen LogP contribution in [-0.2, 0) is 0 Å². The Morgan fingerprint density at radius 1 is 0.727 bits per heavy atom. The molecule has 0 spiro atoms. The van der Waals surface area contributed by atoms with Gasteiger partial charge < -0.3 is 0 Å². The quantitative estimate of drug-likeness (QED) is 0.363. The highest BCUT2D eigenvalue weighted by atomic mass is 79.9. The van der Waals surface area contributed by atoms with E-state index in [-0.39, 0.29) is 0 Å². The molecular weight excluding hydrogens is 402 g/mol. The zero-order valence-corrected chi connectivity index (χ0v) is 14.6. The molecular formula is C19H9Br2N. The number of para-hydroxylation sites is 1. The van der Waals surface area contributed by atoms with Gasteiger partial charge in [-0.2, -0.15) is 0 Å². The zero-order valence-electron chi connectivity index (χ0n) is 11.4. The maximum absolute atomic E-state index is 4.86. The van der Waals surface area contributed by atoms with E-state index >= 15 is 0 Å². The third-order valence-electron chi connectivity index (χ3n) is 4.36. The van der Waals surface area contributed by atoms with Crippen molar-refractivity contribution in [1.29, 1.82) is 0 Å². The van der Waals surface area contributed by atoms with Crippen LogP contribution in [0.3, 0.4) is 0 Å². The van der Waals surface area contributed by atoms with E-state index in [0.29, 0.717) is 0 Å². The van der Waals surface area contributed by atoms with E-state index in [1.54, 1.807) is 0 Å². The van der Waals surface area contributed by atoms with Gasteiger partial charge in [0.25, 0.3) is 0 Å². The molecule has 3 heteroatoms. The van der Waals surface area contributed by atoms with Crippen LogP contribution in [0.4, 0.5) is 5.69 Å². The molecule has 1 nitrogen and oxygen atoms in total. The summed E-state index contributed by atoms with van der Waals surface area (Å²) in [5.41, 5.74) is 2.32. The van der Waals surface area contributed by atoms with E-state index in [1.807, 2.05) is 6.07 Å². The van der Waals surface area contributed by atoms with E-state index in [0.717, 1.165) is 20.0 Å². The van der Waals surface area contributed by atoms with Crippen LogP contribution in [-0.4, -0.2) is 0 Å². The topological polar surface area (TPSA) is 12.4 Å². The van der Waals surface area contributed by atoms with Crippen molar-refractivity contribution >= 4 is 43.6 Å². The maximum atomic E-state index is 4.86. The van der Waals surface area contributed by atoms with Gasteiger partial charge in [0.1, 0.15) is 0 Å². The van der Waals surface area contributed by atoms with Crippen LogP contribution in [0.25, 0.3) is 6.08 Å². The average Bonchev–Trinajstić information content (AvgIpc) is 3.09. The SMILES string of the molecule is Brc1ccc2c(c1Br)=Cc1c3c(ccc1=2)=c1ccccc1=N3. The van der Waals surface area contributed by atoms with Crippen LogP contribution in [0.5, 0.6) is 0 Å². The normalized spacial score (nSPS) is 12.8. The summed E-state index contributed by atoms with van der Waals surface area (Å²) in [5, 5.41) is 7.27. The van der Waals surface area contributed by atoms with Crippen LogP contribution in [0.15, 0.2) is 62.5 Å². The molecule has 0 bridgehead atoms. The van der Waals surface area contributed by atoms with Gasteiger partial charge in [-0.15, -0.1) is 0 Å². The number of hydrogen-bond donors (Lipinski definition) is 0. The number of rotatable bonds is 0. The van der Waals surface area contributed by atoms with Gasteiger partial charge in [-0.1, -0.05) is 36.4 Å². The van der Waals surface area contributed by atoms with Gasteiger partial charge in [0.15, 0.2) is 0 Å². The molecule has 0 amide bonds. The molecule has 104 valence electrons. The van der Waals surface area contributed by atoms with E-state index in [2.05, 4.69) is 80.4 Å². The second-order valence-electron chi connectivity index (χ2n) is 5.52. The Kier molecular flexibility index (Phi) is 2.56. The first-order chi connectivity index (χ1) is 10.7. The summed E-state index contributed by atoms with van der Waals surface area (Å²) in [6.45, 7) is 0. The first kappa shape index (κ1) is 12.8. The smallest absolute Gasteiger partial charge is 0.0795 e. The van der Waals surface area contributed by atoms with E-state index in [9.17, 15) is 0 Å². The number of nitrogens with zero attached hydrogens (tertiary/aromatic N) is 1. The van der Waals surface area contributed by atoms with Crippen molar-refractivity contribution in [1.82, 2.24) is 0 Å². The summed E-state index contributed by atoms with van der Waals surface area (Å²) < 4.78 is 2.18. The Morgan fingerprint density at radius 2 is 1.50 bits per heavy atom. The van der Waals surface area contributed by atoms with Gasteiger partial charge in [0.2, 0.25) is 0 Å². The van der Waals surface area contributed by atoms with Crippen LogP contribution in [0.2, 0.25) is 0 Å². The Hall–Kier alpha value is -1.71. The van der Waals surface area contributed by atoms with E-state index in [4.69, 9.17) is 4.99 Å². The first-order valence-corrected chi connectivity index (χ1v) is 8.64. The second kappa shape index (κ2) is 4.40. The lowest BCUT2D eigenvalue weighted by molar-refractivity contribution is 1.36. The lowest BCUT2D eigenvalue weighted by Crippen LogP contribution is -2.02. The highest BCUT2D eigenvalue weighted by Crippen LogP contribution is 2.29. The van der Waals surface area contributed by atoms with Crippen LogP contribution in [0.1, 0.15) is 5.56 Å². The molecule has 1 aliphatic heterocycles. The first-order valence-electron chi connectivity index (χ1n) is 7.05. The van der Waals surface area contributed by atoms with Crippen molar-refractivity contribution in [3.05, 3.63) is 94.5 Å². The fraction of sp³-hybridized carbons (Fsp3) is 0. The molecule has 0 saturated heterocycles. The molecule has 22 heavy (non-hydrogen) atoms. The van der Waals surface area contributed by atoms with Gasteiger partial charge in [-0.25, -0.2) is 4.99 Å². The van der Waals surface area contributed by atoms with Crippen molar-refractivity contribution < 1.29 is 0 Å². The monoisotopic (exact) mass is 409 g/mol. The molecule has 0 fully saturated rings. The van der Waals surface area contributed by atoms with Gasteiger partial charge in [-0.3, -0.25) is 0 Å². The van der Waals surface area contributed by atoms with Gasteiger partial charge >= 0.3 is 0 Å².